The van der Waals surface area contributed by atoms with Gasteiger partial charge in [-0.05, 0) is 30.7 Å². The SMILES string of the molecule is CC(c1cc(Br)cc(C(F)(F)F)c1)C(F)(F)F. The molecule has 0 aliphatic heterocycles. The average molecular weight is 321 g/mol. The summed E-state index contributed by atoms with van der Waals surface area (Å²) in [6, 6.07) is 2.29. The molecule has 17 heavy (non-hydrogen) atoms. The van der Waals surface area contributed by atoms with E-state index in [0.717, 1.165) is 19.1 Å². The molecule has 0 fully saturated rings. The Hall–Kier alpha value is -0.720. The quantitative estimate of drug-likeness (QED) is 0.629. The maximum absolute atomic E-state index is 12.4. The number of rotatable bonds is 1. The second-order valence-corrected chi connectivity index (χ2v) is 4.45. The first-order chi connectivity index (χ1) is 7.51. The lowest BCUT2D eigenvalue weighted by Gasteiger charge is -2.18. The van der Waals surface area contributed by atoms with Crippen molar-refractivity contribution in [2.75, 3.05) is 0 Å². The van der Waals surface area contributed by atoms with Crippen LogP contribution >= 0.6 is 15.9 Å². The Morgan fingerprint density at radius 3 is 1.94 bits per heavy atom. The molecular weight excluding hydrogens is 314 g/mol. The standard InChI is InChI=1S/C10H7BrF6/c1-5(9(12,13)14)6-2-7(10(15,16)17)4-8(11)3-6/h2-5H,1H3. The largest absolute Gasteiger partial charge is 0.416 e. The molecule has 0 radical (unpaired) electrons. The number of halogens is 7. The number of benzene rings is 1. The van der Waals surface area contributed by atoms with Gasteiger partial charge in [-0.1, -0.05) is 15.9 Å². The summed E-state index contributed by atoms with van der Waals surface area (Å²) in [6.07, 6.45) is -9.23. The zero-order chi connectivity index (χ0) is 13.4. The van der Waals surface area contributed by atoms with Gasteiger partial charge < -0.3 is 0 Å². The molecule has 1 aromatic carbocycles. The third-order valence-electron chi connectivity index (χ3n) is 2.24. The molecule has 7 heteroatoms. The lowest BCUT2D eigenvalue weighted by Crippen LogP contribution is -2.18. The van der Waals surface area contributed by atoms with E-state index >= 15 is 0 Å². The molecule has 0 aliphatic rings. The molecule has 1 rings (SSSR count). The van der Waals surface area contributed by atoms with Crippen LogP contribution in [0.2, 0.25) is 0 Å². The van der Waals surface area contributed by atoms with E-state index in [9.17, 15) is 26.3 Å². The fraction of sp³-hybridized carbons (Fsp3) is 0.400. The molecule has 0 aliphatic carbocycles. The van der Waals surface area contributed by atoms with E-state index in [4.69, 9.17) is 0 Å². The van der Waals surface area contributed by atoms with Crippen LogP contribution in [0.15, 0.2) is 22.7 Å². The predicted octanol–water partition coefficient (Wildman–Crippen LogP) is 5.13. The van der Waals surface area contributed by atoms with E-state index in [1.54, 1.807) is 0 Å². The summed E-state index contributed by atoms with van der Waals surface area (Å²) < 4.78 is 74.4. The highest BCUT2D eigenvalue weighted by Gasteiger charge is 2.39. The van der Waals surface area contributed by atoms with Crippen molar-refractivity contribution in [1.82, 2.24) is 0 Å². The predicted molar refractivity (Wildman–Crippen MR) is 53.6 cm³/mol. The van der Waals surface area contributed by atoms with Gasteiger partial charge in [0.25, 0.3) is 0 Å². The highest BCUT2D eigenvalue weighted by atomic mass is 79.9. The van der Waals surface area contributed by atoms with E-state index in [1.807, 2.05) is 0 Å². The molecule has 1 atom stereocenters. The molecule has 0 saturated heterocycles. The molecule has 0 aromatic heterocycles. The summed E-state index contributed by atoms with van der Waals surface area (Å²) in [7, 11) is 0. The van der Waals surface area contributed by atoms with Crippen LogP contribution < -0.4 is 0 Å². The van der Waals surface area contributed by atoms with Gasteiger partial charge in [0.15, 0.2) is 0 Å². The fourth-order valence-electron chi connectivity index (χ4n) is 1.21. The molecule has 0 bridgehead atoms. The molecule has 0 heterocycles. The van der Waals surface area contributed by atoms with Gasteiger partial charge in [0.1, 0.15) is 0 Å². The highest BCUT2D eigenvalue weighted by molar-refractivity contribution is 9.10. The summed E-state index contributed by atoms with van der Waals surface area (Å²) in [5.41, 5.74) is -1.52. The van der Waals surface area contributed by atoms with Crippen LogP contribution in [0.4, 0.5) is 26.3 Å². The minimum absolute atomic E-state index is 0.0292. The Kier molecular flexibility index (Phi) is 3.81. The maximum Gasteiger partial charge on any atom is 0.416 e. The summed E-state index contributed by atoms with van der Waals surface area (Å²) in [5, 5.41) is 0. The van der Waals surface area contributed by atoms with Crippen LogP contribution in [0.25, 0.3) is 0 Å². The van der Waals surface area contributed by atoms with Crippen LogP contribution in [-0.4, -0.2) is 6.18 Å². The molecule has 0 N–H and O–H groups in total. The van der Waals surface area contributed by atoms with Gasteiger partial charge in [-0.2, -0.15) is 26.3 Å². The zero-order valence-corrected chi connectivity index (χ0v) is 10.0. The fourth-order valence-corrected chi connectivity index (χ4v) is 1.73. The average Bonchev–Trinajstić information content (AvgIpc) is 2.12. The lowest BCUT2D eigenvalue weighted by molar-refractivity contribution is -0.147. The molecule has 1 aromatic rings. The summed E-state index contributed by atoms with van der Waals surface area (Å²) in [4.78, 5) is 0. The molecule has 0 spiro atoms. The number of hydrogen-bond acceptors (Lipinski definition) is 0. The minimum atomic E-state index is -4.66. The Labute approximate surface area is 102 Å². The Balaban J connectivity index is 3.24. The Morgan fingerprint density at radius 1 is 1.00 bits per heavy atom. The normalized spacial score (nSPS) is 14.8. The number of hydrogen-bond donors (Lipinski definition) is 0. The number of alkyl halides is 6. The smallest absolute Gasteiger partial charge is 0.170 e. The second kappa shape index (κ2) is 4.51. The summed E-state index contributed by atoms with van der Waals surface area (Å²) >= 11 is 2.77. The van der Waals surface area contributed by atoms with E-state index < -0.39 is 29.4 Å². The van der Waals surface area contributed by atoms with Crippen molar-refractivity contribution in [1.29, 1.82) is 0 Å². The Bertz CT molecular complexity index is 406. The van der Waals surface area contributed by atoms with Crippen molar-refractivity contribution in [3.63, 3.8) is 0 Å². The van der Waals surface area contributed by atoms with Crippen molar-refractivity contribution in [2.45, 2.75) is 25.2 Å². The second-order valence-electron chi connectivity index (χ2n) is 3.53. The third-order valence-corrected chi connectivity index (χ3v) is 2.70. The third kappa shape index (κ3) is 3.62. The first kappa shape index (κ1) is 14.3. The topological polar surface area (TPSA) is 0 Å². The van der Waals surface area contributed by atoms with Crippen molar-refractivity contribution in [3.8, 4) is 0 Å². The summed E-state index contributed by atoms with van der Waals surface area (Å²) in [5.74, 6) is -1.94. The minimum Gasteiger partial charge on any atom is -0.170 e. The Morgan fingerprint density at radius 2 is 1.53 bits per heavy atom. The van der Waals surface area contributed by atoms with Crippen LogP contribution in [0.3, 0.4) is 0 Å². The van der Waals surface area contributed by atoms with Crippen LogP contribution in [-0.2, 0) is 6.18 Å². The van der Waals surface area contributed by atoms with Gasteiger partial charge in [0.2, 0.25) is 0 Å². The molecule has 1 unspecified atom stereocenters. The first-order valence-electron chi connectivity index (χ1n) is 4.46. The maximum atomic E-state index is 12.4. The van der Waals surface area contributed by atoms with E-state index in [1.165, 1.54) is 0 Å². The lowest BCUT2D eigenvalue weighted by atomic mass is 9.98. The molecule has 0 saturated carbocycles. The van der Waals surface area contributed by atoms with Crippen LogP contribution in [0.1, 0.15) is 24.0 Å². The van der Waals surface area contributed by atoms with Crippen molar-refractivity contribution >= 4 is 15.9 Å². The van der Waals surface area contributed by atoms with Gasteiger partial charge >= 0.3 is 12.4 Å². The first-order valence-corrected chi connectivity index (χ1v) is 5.25. The van der Waals surface area contributed by atoms with Crippen LogP contribution in [0, 0.1) is 0 Å². The van der Waals surface area contributed by atoms with E-state index in [-0.39, 0.29) is 4.47 Å². The van der Waals surface area contributed by atoms with Gasteiger partial charge in [-0.3, -0.25) is 0 Å². The highest BCUT2D eigenvalue weighted by Crippen LogP contribution is 2.38. The van der Waals surface area contributed by atoms with Gasteiger partial charge in [-0.15, -0.1) is 0 Å². The zero-order valence-electron chi connectivity index (χ0n) is 8.46. The van der Waals surface area contributed by atoms with E-state index in [2.05, 4.69) is 15.9 Å². The molecule has 0 nitrogen and oxygen atoms in total. The van der Waals surface area contributed by atoms with Gasteiger partial charge in [0.05, 0.1) is 11.5 Å². The van der Waals surface area contributed by atoms with Crippen molar-refractivity contribution in [2.24, 2.45) is 0 Å². The molecule has 0 amide bonds. The van der Waals surface area contributed by atoms with Crippen molar-refractivity contribution in [3.05, 3.63) is 33.8 Å². The monoisotopic (exact) mass is 320 g/mol. The van der Waals surface area contributed by atoms with Gasteiger partial charge in [0, 0.05) is 4.47 Å². The van der Waals surface area contributed by atoms with Crippen molar-refractivity contribution < 1.29 is 26.3 Å². The van der Waals surface area contributed by atoms with Crippen LogP contribution in [0.5, 0.6) is 0 Å². The molecule has 96 valence electrons. The van der Waals surface area contributed by atoms with Gasteiger partial charge in [-0.25, -0.2) is 0 Å². The van der Waals surface area contributed by atoms with E-state index in [0.29, 0.717) is 6.07 Å². The molecular formula is C10H7BrF6. The summed E-state index contributed by atoms with van der Waals surface area (Å²) in [6.45, 7) is 0.821.